The molecule has 0 aliphatic rings. The summed E-state index contributed by atoms with van der Waals surface area (Å²) in [5.41, 5.74) is 4.15. The van der Waals surface area contributed by atoms with Crippen LogP contribution < -0.4 is 10.6 Å². The third-order valence-electron chi connectivity index (χ3n) is 4.14. The number of carbonyl (C=O) groups is 2. The fraction of sp³-hybridized carbons (Fsp3) is 0.190. The van der Waals surface area contributed by atoms with E-state index in [1.54, 1.807) is 42.5 Å². The zero-order valence-electron chi connectivity index (χ0n) is 15.4. The third-order valence-corrected chi connectivity index (χ3v) is 4.91. The summed E-state index contributed by atoms with van der Waals surface area (Å²) in [7, 11) is 0. The maximum absolute atomic E-state index is 12.4. The van der Waals surface area contributed by atoms with Gasteiger partial charge in [-0.15, -0.1) is 11.3 Å². The molecule has 27 heavy (non-hydrogen) atoms. The average Bonchev–Trinajstić information content (AvgIpc) is 3.09. The lowest BCUT2D eigenvalue weighted by atomic mass is 10.1. The lowest BCUT2D eigenvalue weighted by Crippen LogP contribution is -2.31. The van der Waals surface area contributed by atoms with Crippen molar-refractivity contribution in [2.24, 2.45) is 0 Å². The number of aryl methyl sites for hydroxylation is 1. The van der Waals surface area contributed by atoms with E-state index in [2.05, 4.69) is 15.6 Å². The lowest BCUT2D eigenvalue weighted by Gasteiger charge is -2.15. The van der Waals surface area contributed by atoms with E-state index >= 15 is 0 Å². The molecule has 0 saturated heterocycles. The SMILES string of the molecule is CC(=O)c1ccc(NC(=O)C(C)Nc2ccc(-c3csc(C)n3)cc2)cc1. The van der Waals surface area contributed by atoms with Gasteiger partial charge in [-0.25, -0.2) is 4.98 Å². The van der Waals surface area contributed by atoms with Gasteiger partial charge < -0.3 is 10.6 Å². The van der Waals surface area contributed by atoms with Gasteiger partial charge in [-0.05, 0) is 57.2 Å². The Hall–Kier alpha value is -2.99. The summed E-state index contributed by atoms with van der Waals surface area (Å²) >= 11 is 1.62. The quantitative estimate of drug-likeness (QED) is 0.606. The highest BCUT2D eigenvalue weighted by molar-refractivity contribution is 7.09. The number of hydrogen-bond acceptors (Lipinski definition) is 5. The maximum Gasteiger partial charge on any atom is 0.246 e. The zero-order valence-corrected chi connectivity index (χ0v) is 16.3. The molecule has 2 aromatic carbocycles. The predicted octanol–water partition coefficient (Wildman–Crippen LogP) is 4.76. The standard InChI is InChI=1S/C21H21N3O2S/c1-13(21(26)24-19-8-4-16(5-9-19)14(2)25)22-18-10-6-17(7-11-18)20-12-27-15(3)23-20/h4-13,22H,1-3H3,(H,24,26). The van der Waals surface area contributed by atoms with E-state index in [1.807, 2.05) is 36.6 Å². The van der Waals surface area contributed by atoms with Crippen LogP contribution in [0, 0.1) is 6.92 Å². The van der Waals surface area contributed by atoms with Crippen molar-refractivity contribution in [2.45, 2.75) is 26.8 Å². The predicted molar refractivity (Wildman–Crippen MR) is 110 cm³/mol. The van der Waals surface area contributed by atoms with Gasteiger partial charge in [0.05, 0.1) is 10.7 Å². The number of Topliss-reactive ketones (excluding diaryl/α,β-unsaturated/α-hetero) is 1. The van der Waals surface area contributed by atoms with Crippen molar-refractivity contribution in [3.05, 3.63) is 64.5 Å². The summed E-state index contributed by atoms with van der Waals surface area (Å²) in [5, 5.41) is 9.11. The van der Waals surface area contributed by atoms with Crippen LogP contribution in [0.15, 0.2) is 53.9 Å². The summed E-state index contributed by atoms with van der Waals surface area (Å²) < 4.78 is 0. The molecule has 1 heterocycles. The second-order valence-electron chi connectivity index (χ2n) is 6.32. The number of benzene rings is 2. The molecular weight excluding hydrogens is 358 g/mol. The Labute approximate surface area is 162 Å². The number of aromatic nitrogens is 1. The van der Waals surface area contributed by atoms with E-state index in [0.717, 1.165) is 22.0 Å². The van der Waals surface area contributed by atoms with Crippen molar-refractivity contribution in [3.8, 4) is 11.3 Å². The monoisotopic (exact) mass is 379 g/mol. The molecule has 0 bridgehead atoms. The Balaban J connectivity index is 1.59. The molecule has 5 nitrogen and oxygen atoms in total. The number of thiazole rings is 1. The molecule has 0 saturated carbocycles. The van der Waals surface area contributed by atoms with Crippen LogP contribution in [0.2, 0.25) is 0 Å². The average molecular weight is 379 g/mol. The molecule has 0 radical (unpaired) electrons. The summed E-state index contributed by atoms with van der Waals surface area (Å²) in [4.78, 5) is 28.2. The van der Waals surface area contributed by atoms with Crippen molar-refractivity contribution in [2.75, 3.05) is 10.6 Å². The van der Waals surface area contributed by atoms with Gasteiger partial charge in [-0.3, -0.25) is 9.59 Å². The minimum Gasteiger partial charge on any atom is -0.374 e. The number of nitrogens with one attached hydrogen (secondary N) is 2. The molecule has 1 amide bonds. The number of amides is 1. The summed E-state index contributed by atoms with van der Waals surface area (Å²) in [6.07, 6.45) is 0. The van der Waals surface area contributed by atoms with E-state index in [1.165, 1.54) is 6.92 Å². The van der Waals surface area contributed by atoms with Crippen LogP contribution in [0.4, 0.5) is 11.4 Å². The Bertz CT molecular complexity index is 946. The fourth-order valence-electron chi connectivity index (χ4n) is 2.59. The van der Waals surface area contributed by atoms with Crippen molar-refractivity contribution in [1.82, 2.24) is 4.98 Å². The van der Waals surface area contributed by atoms with Crippen LogP contribution in [0.1, 0.15) is 29.2 Å². The topological polar surface area (TPSA) is 71.1 Å². The van der Waals surface area contributed by atoms with Gasteiger partial charge in [0.2, 0.25) is 5.91 Å². The van der Waals surface area contributed by atoms with Crippen LogP contribution in [0.5, 0.6) is 0 Å². The molecule has 138 valence electrons. The summed E-state index contributed by atoms with van der Waals surface area (Å²) in [5.74, 6) is -0.149. The summed E-state index contributed by atoms with van der Waals surface area (Å²) in [6.45, 7) is 5.30. The van der Waals surface area contributed by atoms with Crippen molar-refractivity contribution >= 4 is 34.4 Å². The number of hydrogen-bond donors (Lipinski definition) is 2. The smallest absolute Gasteiger partial charge is 0.246 e. The van der Waals surface area contributed by atoms with Gasteiger partial charge in [-0.1, -0.05) is 12.1 Å². The highest BCUT2D eigenvalue weighted by Crippen LogP contribution is 2.23. The van der Waals surface area contributed by atoms with Crippen molar-refractivity contribution in [3.63, 3.8) is 0 Å². The third kappa shape index (κ3) is 4.80. The maximum atomic E-state index is 12.4. The molecule has 1 unspecified atom stereocenters. The van der Waals surface area contributed by atoms with E-state index in [4.69, 9.17) is 0 Å². The molecule has 3 rings (SSSR count). The van der Waals surface area contributed by atoms with Gasteiger partial charge in [-0.2, -0.15) is 0 Å². The van der Waals surface area contributed by atoms with E-state index in [9.17, 15) is 9.59 Å². The van der Waals surface area contributed by atoms with E-state index in [-0.39, 0.29) is 11.7 Å². The second-order valence-corrected chi connectivity index (χ2v) is 7.38. The minimum absolute atomic E-state index is 0.000768. The number of carbonyl (C=O) groups excluding carboxylic acids is 2. The molecule has 2 N–H and O–H groups in total. The number of rotatable bonds is 6. The largest absolute Gasteiger partial charge is 0.374 e. The molecule has 1 aromatic heterocycles. The fourth-order valence-corrected chi connectivity index (χ4v) is 3.21. The normalized spacial score (nSPS) is 11.7. The first-order chi connectivity index (χ1) is 12.9. The highest BCUT2D eigenvalue weighted by atomic mass is 32.1. The number of ketones is 1. The summed E-state index contributed by atoms with van der Waals surface area (Å²) in [6, 6.07) is 14.3. The van der Waals surface area contributed by atoms with Gasteiger partial charge >= 0.3 is 0 Å². The van der Waals surface area contributed by atoms with Gasteiger partial charge in [0.1, 0.15) is 6.04 Å². The minimum atomic E-state index is -0.412. The Morgan fingerprint density at radius 2 is 1.63 bits per heavy atom. The zero-order chi connectivity index (χ0) is 19.4. The Morgan fingerprint density at radius 3 is 2.19 bits per heavy atom. The first-order valence-corrected chi connectivity index (χ1v) is 9.51. The molecular formula is C21H21N3O2S. The van der Waals surface area contributed by atoms with Crippen molar-refractivity contribution < 1.29 is 9.59 Å². The molecule has 0 aliphatic carbocycles. The molecule has 0 fully saturated rings. The Morgan fingerprint density at radius 1 is 1.00 bits per heavy atom. The van der Waals surface area contributed by atoms with Gasteiger partial charge in [0, 0.05) is 27.9 Å². The molecule has 6 heteroatoms. The van der Waals surface area contributed by atoms with Gasteiger partial charge in [0.15, 0.2) is 5.78 Å². The number of nitrogens with zero attached hydrogens (tertiary/aromatic N) is 1. The molecule has 1 atom stereocenters. The van der Waals surface area contributed by atoms with E-state index < -0.39 is 6.04 Å². The van der Waals surface area contributed by atoms with Crippen LogP contribution in [0.25, 0.3) is 11.3 Å². The number of anilines is 2. The molecule has 3 aromatic rings. The van der Waals surface area contributed by atoms with Crippen LogP contribution in [0.3, 0.4) is 0 Å². The Kier molecular flexibility index (Phi) is 5.66. The first-order valence-electron chi connectivity index (χ1n) is 8.63. The first kappa shape index (κ1) is 18.8. The van der Waals surface area contributed by atoms with Gasteiger partial charge in [0.25, 0.3) is 0 Å². The lowest BCUT2D eigenvalue weighted by molar-refractivity contribution is -0.116. The highest BCUT2D eigenvalue weighted by Gasteiger charge is 2.13. The molecule has 0 spiro atoms. The van der Waals surface area contributed by atoms with Crippen LogP contribution in [-0.2, 0) is 4.79 Å². The van der Waals surface area contributed by atoms with Crippen molar-refractivity contribution in [1.29, 1.82) is 0 Å². The molecule has 0 aliphatic heterocycles. The second kappa shape index (κ2) is 8.14. The van der Waals surface area contributed by atoms with Crippen LogP contribution >= 0.6 is 11.3 Å². The van der Waals surface area contributed by atoms with Crippen LogP contribution in [-0.4, -0.2) is 22.7 Å². The van der Waals surface area contributed by atoms with E-state index in [0.29, 0.717) is 11.3 Å².